The van der Waals surface area contributed by atoms with Gasteiger partial charge in [-0.25, -0.2) is 14.2 Å². The first-order valence-corrected chi connectivity index (χ1v) is 9.63. The first-order valence-electron chi connectivity index (χ1n) is 9.63. The van der Waals surface area contributed by atoms with Gasteiger partial charge in [0.2, 0.25) is 0 Å². The number of aldehydes is 1. The molecule has 1 aromatic heterocycles. The molecule has 0 saturated carbocycles. The molecule has 0 radical (unpaired) electrons. The summed E-state index contributed by atoms with van der Waals surface area (Å²) in [5.74, 6) is 0.755. The van der Waals surface area contributed by atoms with E-state index in [4.69, 9.17) is 15.8 Å². The summed E-state index contributed by atoms with van der Waals surface area (Å²) < 4.78 is 13.1. The summed E-state index contributed by atoms with van der Waals surface area (Å²) in [5, 5.41) is 9.15. The van der Waals surface area contributed by atoms with E-state index in [1.807, 2.05) is 18.2 Å². The first kappa shape index (κ1) is 20.7. The minimum atomic E-state index is -1.13. The summed E-state index contributed by atoms with van der Waals surface area (Å²) >= 11 is 0. The lowest BCUT2D eigenvalue weighted by Gasteiger charge is -2.36. The standard InChI is InChI=1S/C21H25FN4O3/c22-17-6-4-16(5-7-17)19-2-1-3-20(24-19)25-10-8-15(9-11-25)18(23)14-26(12-13-27)21(28)29/h1-7,13,15,18H,8-12,14,23H2,(H,28,29). The number of carbonyl (C=O) groups excluding carboxylic acids is 1. The van der Waals surface area contributed by atoms with Crippen molar-refractivity contribution in [3.05, 3.63) is 48.3 Å². The van der Waals surface area contributed by atoms with Gasteiger partial charge in [-0.3, -0.25) is 4.90 Å². The molecule has 1 aliphatic heterocycles. The van der Waals surface area contributed by atoms with Crippen LogP contribution < -0.4 is 10.6 Å². The van der Waals surface area contributed by atoms with E-state index in [0.29, 0.717) is 6.29 Å². The molecule has 1 aromatic carbocycles. The SMILES string of the molecule is NC(CN(CC=O)C(=O)O)C1CCN(c2cccc(-c3ccc(F)cc3)n2)CC1. The van der Waals surface area contributed by atoms with Crippen LogP contribution in [0.5, 0.6) is 0 Å². The molecular formula is C21H25FN4O3. The highest BCUT2D eigenvalue weighted by Crippen LogP contribution is 2.26. The van der Waals surface area contributed by atoms with Crippen LogP contribution in [-0.4, -0.2) is 59.6 Å². The van der Waals surface area contributed by atoms with Crippen LogP contribution in [0.15, 0.2) is 42.5 Å². The smallest absolute Gasteiger partial charge is 0.407 e. The van der Waals surface area contributed by atoms with Crippen molar-refractivity contribution in [3.8, 4) is 11.3 Å². The van der Waals surface area contributed by atoms with Crippen LogP contribution in [0.25, 0.3) is 11.3 Å². The van der Waals surface area contributed by atoms with Gasteiger partial charge < -0.3 is 20.5 Å². The second-order valence-corrected chi connectivity index (χ2v) is 7.23. The fourth-order valence-corrected chi connectivity index (χ4v) is 3.66. The maximum atomic E-state index is 13.1. The Kier molecular flexibility index (Phi) is 6.77. The number of piperidine rings is 1. The van der Waals surface area contributed by atoms with Crippen molar-refractivity contribution in [3.63, 3.8) is 0 Å². The Morgan fingerprint density at radius 1 is 1.28 bits per heavy atom. The first-order chi connectivity index (χ1) is 14.0. The number of halogens is 1. The predicted molar refractivity (Wildman–Crippen MR) is 108 cm³/mol. The zero-order valence-electron chi connectivity index (χ0n) is 16.1. The van der Waals surface area contributed by atoms with Crippen LogP contribution in [0, 0.1) is 11.7 Å². The minimum Gasteiger partial charge on any atom is -0.465 e. The van der Waals surface area contributed by atoms with Crippen LogP contribution in [0.3, 0.4) is 0 Å². The van der Waals surface area contributed by atoms with Crippen molar-refractivity contribution < 1.29 is 19.1 Å². The average Bonchev–Trinajstić information content (AvgIpc) is 2.74. The summed E-state index contributed by atoms with van der Waals surface area (Å²) in [4.78, 5) is 29.8. The second kappa shape index (κ2) is 9.47. The number of hydrogen-bond donors (Lipinski definition) is 2. The molecule has 1 unspecified atom stereocenters. The maximum absolute atomic E-state index is 13.1. The molecule has 0 bridgehead atoms. The highest BCUT2D eigenvalue weighted by atomic mass is 19.1. The van der Waals surface area contributed by atoms with Crippen LogP contribution in [-0.2, 0) is 4.79 Å². The molecule has 0 spiro atoms. The zero-order valence-corrected chi connectivity index (χ0v) is 16.1. The van der Waals surface area contributed by atoms with Crippen molar-refractivity contribution in [1.82, 2.24) is 9.88 Å². The Labute approximate surface area is 168 Å². The molecule has 1 aliphatic rings. The van der Waals surface area contributed by atoms with Gasteiger partial charge in [-0.1, -0.05) is 6.07 Å². The molecule has 7 nitrogen and oxygen atoms in total. The third-order valence-corrected chi connectivity index (χ3v) is 5.34. The maximum Gasteiger partial charge on any atom is 0.407 e. The van der Waals surface area contributed by atoms with Crippen molar-refractivity contribution in [1.29, 1.82) is 0 Å². The van der Waals surface area contributed by atoms with E-state index >= 15 is 0 Å². The predicted octanol–water partition coefficient (Wildman–Crippen LogP) is 2.61. The van der Waals surface area contributed by atoms with Crippen LogP contribution >= 0.6 is 0 Å². The van der Waals surface area contributed by atoms with Gasteiger partial charge in [-0.2, -0.15) is 0 Å². The summed E-state index contributed by atoms with van der Waals surface area (Å²) in [6.07, 6.45) is 1.08. The van der Waals surface area contributed by atoms with Crippen molar-refractivity contribution in [2.75, 3.05) is 31.1 Å². The Balaban J connectivity index is 1.60. The summed E-state index contributed by atoms with van der Waals surface area (Å²) in [7, 11) is 0. The number of rotatable bonds is 7. The van der Waals surface area contributed by atoms with Gasteiger partial charge in [0.1, 0.15) is 17.9 Å². The van der Waals surface area contributed by atoms with E-state index in [-0.39, 0.29) is 30.9 Å². The Bertz CT molecular complexity index is 838. The number of benzene rings is 1. The lowest BCUT2D eigenvalue weighted by molar-refractivity contribution is -0.108. The third-order valence-electron chi connectivity index (χ3n) is 5.34. The monoisotopic (exact) mass is 400 g/mol. The van der Waals surface area contributed by atoms with Crippen molar-refractivity contribution in [2.24, 2.45) is 11.7 Å². The molecule has 1 amide bonds. The molecule has 2 heterocycles. The van der Waals surface area contributed by atoms with Crippen molar-refractivity contribution >= 4 is 18.2 Å². The molecule has 1 fully saturated rings. The summed E-state index contributed by atoms with van der Waals surface area (Å²) in [6.45, 7) is 1.51. The fraction of sp³-hybridized carbons (Fsp3) is 0.381. The van der Waals surface area contributed by atoms with Gasteiger partial charge in [0.15, 0.2) is 0 Å². The molecule has 2 aromatic rings. The fourth-order valence-electron chi connectivity index (χ4n) is 3.66. The highest BCUT2D eigenvalue weighted by molar-refractivity contribution is 5.69. The van der Waals surface area contributed by atoms with Crippen LogP contribution in [0.2, 0.25) is 0 Å². The molecule has 1 saturated heterocycles. The largest absolute Gasteiger partial charge is 0.465 e. The molecule has 1 atom stereocenters. The van der Waals surface area contributed by atoms with Gasteiger partial charge in [-0.15, -0.1) is 0 Å². The molecule has 3 N–H and O–H groups in total. The topological polar surface area (TPSA) is 99.8 Å². The van der Waals surface area contributed by atoms with Crippen LogP contribution in [0.4, 0.5) is 15.0 Å². The molecule has 154 valence electrons. The molecular weight excluding hydrogens is 375 g/mol. The highest BCUT2D eigenvalue weighted by Gasteiger charge is 2.27. The second-order valence-electron chi connectivity index (χ2n) is 7.23. The lowest BCUT2D eigenvalue weighted by atomic mass is 9.89. The number of hydrogen-bond acceptors (Lipinski definition) is 5. The third kappa shape index (κ3) is 5.29. The lowest BCUT2D eigenvalue weighted by Crippen LogP contribution is -2.48. The van der Waals surface area contributed by atoms with E-state index in [2.05, 4.69) is 4.90 Å². The van der Waals surface area contributed by atoms with E-state index in [1.54, 1.807) is 12.1 Å². The van der Waals surface area contributed by atoms with Gasteiger partial charge in [-0.05, 0) is 55.2 Å². The summed E-state index contributed by atoms with van der Waals surface area (Å²) in [6, 6.07) is 11.7. The Morgan fingerprint density at radius 3 is 2.59 bits per heavy atom. The zero-order chi connectivity index (χ0) is 20.8. The van der Waals surface area contributed by atoms with Crippen molar-refractivity contribution in [2.45, 2.75) is 18.9 Å². The van der Waals surface area contributed by atoms with Crippen LogP contribution in [0.1, 0.15) is 12.8 Å². The number of carboxylic acid groups (broad SMARTS) is 1. The quantitative estimate of drug-likeness (QED) is 0.693. The summed E-state index contributed by atoms with van der Waals surface area (Å²) in [5.41, 5.74) is 7.87. The number of amides is 1. The average molecular weight is 400 g/mol. The van der Waals surface area contributed by atoms with E-state index in [0.717, 1.165) is 47.9 Å². The number of aromatic nitrogens is 1. The normalized spacial score (nSPS) is 15.7. The van der Waals surface area contributed by atoms with E-state index in [9.17, 15) is 14.0 Å². The van der Waals surface area contributed by atoms with E-state index in [1.165, 1.54) is 12.1 Å². The number of carbonyl (C=O) groups is 2. The minimum absolute atomic E-state index is 0.150. The number of nitrogens with two attached hydrogens (primary N) is 1. The van der Waals surface area contributed by atoms with Gasteiger partial charge >= 0.3 is 6.09 Å². The molecule has 3 rings (SSSR count). The Hall–Kier alpha value is -3.00. The Morgan fingerprint density at radius 2 is 1.97 bits per heavy atom. The number of nitrogens with zero attached hydrogens (tertiary/aromatic N) is 3. The van der Waals surface area contributed by atoms with Gasteiger partial charge in [0.25, 0.3) is 0 Å². The molecule has 0 aliphatic carbocycles. The number of anilines is 1. The molecule has 8 heteroatoms. The van der Waals surface area contributed by atoms with E-state index < -0.39 is 6.09 Å². The van der Waals surface area contributed by atoms with Gasteiger partial charge in [0.05, 0.1) is 12.2 Å². The number of pyridine rings is 1. The van der Waals surface area contributed by atoms with Gasteiger partial charge in [0, 0.05) is 31.2 Å². The molecule has 29 heavy (non-hydrogen) atoms.